The lowest BCUT2D eigenvalue weighted by atomic mass is 10.1. The molecule has 2 aromatic rings. The third kappa shape index (κ3) is 6.73. The first-order valence-corrected chi connectivity index (χ1v) is 10.4. The summed E-state index contributed by atoms with van der Waals surface area (Å²) in [4.78, 5) is 16.5. The minimum Gasteiger partial charge on any atom is -0.302 e. The molecule has 0 aliphatic carbocycles. The molecule has 0 spiro atoms. The maximum Gasteiger partial charge on any atom is 0.226 e. The third-order valence-electron chi connectivity index (χ3n) is 3.90. The molecular formula is C19H25BrN2OS. The molecule has 1 heterocycles. The van der Waals surface area contributed by atoms with E-state index in [1.165, 1.54) is 43.4 Å². The maximum atomic E-state index is 12.0. The molecule has 0 aliphatic heterocycles. The Kier molecular flexibility index (Phi) is 8.47. The Morgan fingerprint density at radius 1 is 1.08 bits per heavy atom. The number of rotatable bonds is 10. The van der Waals surface area contributed by atoms with Crippen molar-refractivity contribution in [1.29, 1.82) is 0 Å². The lowest BCUT2D eigenvalue weighted by Gasteiger charge is -2.02. The van der Waals surface area contributed by atoms with E-state index in [0.29, 0.717) is 11.6 Å². The number of amides is 1. The second-order valence-corrected chi connectivity index (χ2v) is 7.74. The summed E-state index contributed by atoms with van der Waals surface area (Å²) >= 11 is 4.90. The predicted molar refractivity (Wildman–Crippen MR) is 106 cm³/mol. The monoisotopic (exact) mass is 408 g/mol. The number of anilines is 1. The van der Waals surface area contributed by atoms with Crippen LogP contribution in [-0.4, -0.2) is 10.9 Å². The second kappa shape index (κ2) is 10.6. The largest absolute Gasteiger partial charge is 0.302 e. The van der Waals surface area contributed by atoms with Gasteiger partial charge in [0.15, 0.2) is 5.13 Å². The summed E-state index contributed by atoms with van der Waals surface area (Å²) < 4.78 is 1.05. The molecule has 2 rings (SSSR count). The third-order valence-corrected chi connectivity index (χ3v) is 5.18. The summed E-state index contributed by atoms with van der Waals surface area (Å²) in [6, 6.07) is 8.02. The molecule has 0 radical (unpaired) electrons. The smallest absolute Gasteiger partial charge is 0.226 e. The fourth-order valence-corrected chi connectivity index (χ4v) is 3.51. The van der Waals surface area contributed by atoms with Crippen molar-refractivity contribution in [3.63, 3.8) is 0 Å². The van der Waals surface area contributed by atoms with Gasteiger partial charge in [0.05, 0.1) is 5.69 Å². The Morgan fingerprint density at radius 3 is 2.46 bits per heavy atom. The zero-order chi connectivity index (χ0) is 17.2. The van der Waals surface area contributed by atoms with Gasteiger partial charge in [-0.15, -0.1) is 11.3 Å². The SMILES string of the molecule is CCCCCCCCCC(=O)Nc1nc(-c2ccc(Br)cc2)cs1. The van der Waals surface area contributed by atoms with Crippen molar-refractivity contribution in [2.75, 3.05) is 5.32 Å². The highest BCUT2D eigenvalue weighted by molar-refractivity contribution is 9.10. The van der Waals surface area contributed by atoms with Gasteiger partial charge in [-0.2, -0.15) is 0 Å². The normalized spacial score (nSPS) is 10.8. The summed E-state index contributed by atoms with van der Waals surface area (Å²) in [5.74, 6) is 0.0697. The molecule has 1 aromatic carbocycles. The van der Waals surface area contributed by atoms with Gasteiger partial charge in [-0.1, -0.05) is 73.5 Å². The van der Waals surface area contributed by atoms with E-state index < -0.39 is 0 Å². The van der Waals surface area contributed by atoms with E-state index in [0.717, 1.165) is 28.6 Å². The quantitative estimate of drug-likeness (QED) is 0.446. The molecule has 1 amide bonds. The van der Waals surface area contributed by atoms with E-state index in [-0.39, 0.29) is 5.91 Å². The zero-order valence-corrected chi connectivity index (χ0v) is 16.6. The molecule has 24 heavy (non-hydrogen) atoms. The van der Waals surface area contributed by atoms with Crippen LogP contribution in [0.4, 0.5) is 5.13 Å². The summed E-state index contributed by atoms with van der Waals surface area (Å²) in [6.07, 6.45) is 9.13. The number of benzene rings is 1. The van der Waals surface area contributed by atoms with E-state index in [1.807, 2.05) is 29.6 Å². The number of hydrogen-bond donors (Lipinski definition) is 1. The number of nitrogens with one attached hydrogen (secondary N) is 1. The molecule has 1 aromatic heterocycles. The van der Waals surface area contributed by atoms with Crippen LogP contribution in [0.1, 0.15) is 58.3 Å². The molecule has 0 saturated heterocycles. The number of nitrogens with zero attached hydrogens (tertiary/aromatic N) is 1. The van der Waals surface area contributed by atoms with Gasteiger partial charge in [-0.25, -0.2) is 4.98 Å². The van der Waals surface area contributed by atoms with Gasteiger partial charge >= 0.3 is 0 Å². The van der Waals surface area contributed by atoms with E-state index >= 15 is 0 Å². The van der Waals surface area contributed by atoms with Crippen LogP contribution in [0.2, 0.25) is 0 Å². The Labute approximate surface area is 157 Å². The average Bonchev–Trinajstić information content (AvgIpc) is 3.03. The van der Waals surface area contributed by atoms with Gasteiger partial charge < -0.3 is 5.32 Å². The summed E-state index contributed by atoms with van der Waals surface area (Å²) in [5.41, 5.74) is 1.96. The molecule has 0 fully saturated rings. The highest BCUT2D eigenvalue weighted by Crippen LogP contribution is 2.26. The molecule has 0 saturated carbocycles. The number of carbonyl (C=O) groups is 1. The first-order chi connectivity index (χ1) is 11.7. The Morgan fingerprint density at radius 2 is 1.75 bits per heavy atom. The van der Waals surface area contributed by atoms with Crippen LogP contribution in [0.15, 0.2) is 34.1 Å². The van der Waals surface area contributed by atoms with Crippen LogP contribution in [0.25, 0.3) is 11.3 Å². The van der Waals surface area contributed by atoms with Crippen LogP contribution in [-0.2, 0) is 4.79 Å². The Bertz CT molecular complexity index is 625. The van der Waals surface area contributed by atoms with Crippen LogP contribution in [0.3, 0.4) is 0 Å². The zero-order valence-electron chi connectivity index (χ0n) is 14.2. The standard InChI is InChI=1S/C19H25BrN2OS/c1-2-3-4-5-6-7-8-9-18(23)22-19-21-17(14-24-19)15-10-12-16(20)13-11-15/h10-14H,2-9H2,1H3,(H,21,22,23). The van der Waals surface area contributed by atoms with Crippen molar-refractivity contribution in [2.24, 2.45) is 0 Å². The van der Waals surface area contributed by atoms with E-state index in [4.69, 9.17) is 0 Å². The molecule has 0 aliphatic rings. The lowest BCUT2D eigenvalue weighted by molar-refractivity contribution is -0.116. The van der Waals surface area contributed by atoms with Gasteiger partial charge in [-0.3, -0.25) is 4.79 Å². The van der Waals surface area contributed by atoms with Crippen LogP contribution < -0.4 is 5.32 Å². The van der Waals surface area contributed by atoms with Gasteiger partial charge in [0.25, 0.3) is 0 Å². The number of carbonyl (C=O) groups excluding carboxylic acids is 1. The highest BCUT2D eigenvalue weighted by Gasteiger charge is 2.08. The van der Waals surface area contributed by atoms with Gasteiger partial charge in [0.2, 0.25) is 5.91 Å². The van der Waals surface area contributed by atoms with Gasteiger partial charge in [0.1, 0.15) is 0 Å². The highest BCUT2D eigenvalue weighted by atomic mass is 79.9. The fourth-order valence-electron chi connectivity index (χ4n) is 2.51. The van der Waals surface area contributed by atoms with Crippen molar-refractivity contribution >= 4 is 38.3 Å². The van der Waals surface area contributed by atoms with Crippen molar-refractivity contribution in [2.45, 2.75) is 58.3 Å². The summed E-state index contributed by atoms with van der Waals surface area (Å²) in [6.45, 7) is 2.23. The molecule has 0 unspecified atom stereocenters. The van der Waals surface area contributed by atoms with Crippen LogP contribution >= 0.6 is 27.3 Å². The first kappa shape index (κ1) is 19.1. The van der Waals surface area contributed by atoms with E-state index in [9.17, 15) is 4.79 Å². The summed E-state index contributed by atoms with van der Waals surface area (Å²) in [7, 11) is 0. The van der Waals surface area contributed by atoms with Crippen molar-refractivity contribution in [3.05, 3.63) is 34.1 Å². The Hall–Kier alpha value is -1.20. The van der Waals surface area contributed by atoms with Crippen molar-refractivity contribution in [1.82, 2.24) is 4.98 Å². The Balaban J connectivity index is 1.70. The van der Waals surface area contributed by atoms with Gasteiger partial charge in [-0.05, 0) is 18.6 Å². The average molecular weight is 409 g/mol. The second-order valence-electron chi connectivity index (χ2n) is 5.96. The molecule has 1 N–H and O–H groups in total. The van der Waals surface area contributed by atoms with E-state index in [1.54, 1.807) is 0 Å². The summed E-state index contributed by atoms with van der Waals surface area (Å²) in [5, 5.41) is 5.57. The topological polar surface area (TPSA) is 42.0 Å². The first-order valence-electron chi connectivity index (χ1n) is 8.70. The number of aromatic nitrogens is 1. The number of hydrogen-bond acceptors (Lipinski definition) is 3. The predicted octanol–water partition coefficient (Wildman–Crippen LogP) is 6.65. The molecule has 3 nitrogen and oxygen atoms in total. The van der Waals surface area contributed by atoms with Crippen LogP contribution in [0.5, 0.6) is 0 Å². The van der Waals surface area contributed by atoms with Gasteiger partial charge in [0, 0.05) is 21.8 Å². The van der Waals surface area contributed by atoms with Crippen LogP contribution in [0, 0.1) is 0 Å². The fraction of sp³-hybridized carbons (Fsp3) is 0.474. The molecule has 130 valence electrons. The number of thiazole rings is 1. The maximum absolute atomic E-state index is 12.0. The minimum atomic E-state index is 0.0697. The van der Waals surface area contributed by atoms with E-state index in [2.05, 4.69) is 33.2 Å². The molecular weight excluding hydrogens is 384 g/mol. The molecule has 0 bridgehead atoms. The lowest BCUT2D eigenvalue weighted by Crippen LogP contribution is -2.10. The molecule has 0 atom stereocenters. The minimum absolute atomic E-state index is 0.0697. The van der Waals surface area contributed by atoms with Crippen molar-refractivity contribution < 1.29 is 4.79 Å². The molecule has 5 heteroatoms. The van der Waals surface area contributed by atoms with Crippen molar-refractivity contribution in [3.8, 4) is 11.3 Å². The number of halogens is 1. The number of unbranched alkanes of at least 4 members (excludes halogenated alkanes) is 6.